The number of fused-ring (bicyclic) bond motifs is 1. The average molecular weight is 538 g/mol. The molecule has 0 saturated carbocycles. The molecule has 2 heterocycles. The maximum Gasteiger partial charge on any atom is 0.266 e. The number of aryl methyl sites for hydroxylation is 1. The van der Waals surface area contributed by atoms with Crippen molar-refractivity contribution in [2.24, 2.45) is 0 Å². The molecular weight excluding hydrogens is 514 g/mol. The van der Waals surface area contributed by atoms with E-state index >= 15 is 0 Å². The van der Waals surface area contributed by atoms with E-state index in [0.717, 1.165) is 14.8 Å². The van der Waals surface area contributed by atoms with Crippen LogP contribution < -0.4 is 9.21 Å². The van der Waals surface area contributed by atoms with E-state index in [2.05, 4.69) is 0 Å². The van der Waals surface area contributed by atoms with Gasteiger partial charge in [-0.2, -0.15) is 0 Å². The molecule has 0 aromatic heterocycles. The van der Waals surface area contributed by atoms with E-state index in [9.17, 15) is 22.8 Å². The number of nitrogens with zero attached hydrogens (tertiary/aromatic N) is 3. The highest BCUT2D eigenvalue weighted by Gasteiger charge is 2.61. The molecule has 8 nitrogen and oxygen atoms in total. The lowest BCUT2D eigenvalue weighted by Crippen LogP contribution is -2.77. The second kappa shape index (κ2) is 9.21. The van der Waals surface area contributed by atoms with E-state index < -0.39 is 40.0 Å². The first-order chi connectivity index (χ1) is 18.8. The zero-order valence-electron chi connectivity index (χ0n) is 20.8. The average Bonchev–Trinajstić information content (AvgIpc) is 3.19. The van der Waals surface area contributed by atoms with Crippen LogP contribution in [-0.4, -0.2) is 43.2 Å². The summed E-state index contributed by atoms with van der Waals surface area (Å²) in [6.45, 7) is 1.85. The minimum absolute atomic E-state index is 0.0189. The summed E-state index contributed by atoms with van der Waals surface area (Å²) in [5.74, 6) is -1.82. The number of hydrogen-bond donors (Lipinski definition) is 0. The first kappa shape index (κ1) is 24.6. The topological polar surface area (TPSA) is 95.1 Å². The third-order valence-electron chi connectivity index (χ3n) is 7.00. The van der Waals surface area contributed by atoms with Gasteiger partial charge in [0.1, 0.15) is 0 Å². The molecule has 0 spiro atoms. The number of sulfonamides is 1. The second-order valence-corrected chi connectivity index (χ2v) is 11.2. The standard InChI is InChI=1S/C30H23N3O5S/c1-20-16-18-23(19-17-20)39(37,38)33(22-12-6-3-7-13-22)27-26(30(36)31(27)21-10-4-2-5-11-21)32-28(34)24-14-8-9-15-25(24)29(32)35/h2-19,26-27H,1H3/t26-,27+/m1/s1. The number of rotatable bonds is 6. The highest BCUT2D eigenvalue weighted by atomic mass is 32.2. The van der Waals surface area contributed by atoms with Crippen LogP contribution in [0.15, 0.2) is 114 Å². The minimum Gasteiger partial charge on any atom is -0.286 e. The van der Waals surface area contributed by atoms with Crippen LogP contribution in [0.1, 0.15) is 26.3 Å². The second-order valence-electron chi connectivity index (χ2n) is 9.38. The van der Waals surface area contributed by atoms with Crippen LogP contribution in [-0.2, 0) is 14.8 Å². The van der Waals surface area contributed by atoms with Crippen LogP contribution in [0, 0.1) is 6.92 Å². The molecule has 0 radical (unpaired) electrons. The Morgan fingerprint density at radius 3 is 1.72 bits per heavy atom. The van der Waals surface area contributed by atoms with Gasteiger partial charge in [0, 0.05) is 5.69 Å². The molecule has 1 fully saturated rings. The molecule has 0 bridgehead atoms. The van der Waals surface area contributed by atoms with Crippen molar-refractivity contribution < 1.29 is 22.8 Å². The number of amides is 3. The molecule has 0 unspecified atom stereocenters. The molecule has 2 aliphatic heterocycles. The number of β-lactam (4-membered cyclic amide) rings is 1. The molecule has 1 saturated heterocycles. The maximum atomic E-state index is 14.3. The molecule has 9 heteroatoms. The monoisotopic (exact) mass is 537 g/mol. The fourth-order valence-electron chi connectivity index (χ4n) is 5.10. The lowest BCUT2D eigenvalue weighted by molar-refractivity contribution is -0.129. The SMILES string of the molecule is Cc1ccc(S(=O)(=O)N(c2ccccc2)[C@H]2[C@@H](N3C(=O)c4ccccc4C3=O)C(=O)N2c2ccccc2)cc1. The lowest BCUT2D eigenvalue weighted by atomic mass is 9.98. The predicted octanol–water partition coefficient (Wildman–Crippen LogP) is 4.23. The molecule has 0 aliphatic carbocycles. The molecule has 6 rings (SSSR count). The molecule has 4 aromatic rings. The molecule has 2 aliphatic rings. The van der Waals surface area contributed by atoms with Crippen molar-refractivity contribution >= 4 is 39.1 Å². The first-order valence-electron chi connectivity index (χ1n) is 12.3. The van der Waals surface area contributed by atoms with Gasteiger partial charge in [0.25, 0.3) is 27.7 Å². The Kier molecular flexibility index (Phi) is 5.80. The van der Waals surface area contributed by atoms with Crippen molar-refractivity contribution in [1.82, 2.24) is 4.90 Å². The number of imide groups is 1. The molecule has 0 N–H and O–H groups in total. The fraction of sp³-hybridized carbons (Fsp3) is 0.100. The van der Waals surface area contributed by atoms with E-state index in [-0.39, 0.29) is 21.7 Å². The van der Waals surface area contributed by atoms with Crippen LogP contribution in [0.2, 0.25) is 0 Å². The highest BCUT2D eigenvalue weighted by Crippen LogP contribution is 2.41. The van der Waals surface area contributed by atoms with Crippen LogP contribution >= 0.6 is 0 Å². The number of para-hydroxylation sites is 2. The number of benzene rings is 4. The van der Waals surface area contributed by atoms with Gasteiger partial charge in [-0.3, -0.25) is 24.2 Å². The van der Waals surface area contributed by atoms with Gasteiger partial charge in [-0.25, -0.2) is 12.7 Å². The molecule has 3 amide bonds. The largest absolute Gasteiger partial charge is 0.286 e. The van der Waals surface area contributed by atoms with Gasteiger partial charge < -0.3 is 0 Å². The summed E-state index contributed by atoms with van der Waals surface area (Å²) in [6, 6.07) is 28.4. The van der Waals surface area contributed by atoms with E-state index in [0.29, 0.717) is 5.69 Å². The van der Waals surface area contributed by atoms with Crippen molar-refractivity contribution in [3.05, 3.63) is 126 Å². The van der Waals surface area contributed by atoms with Gasteiger partial charge in [0.15, 0.2) is 12.2 Å². The Hall–Kier alpha value is -4.76. The predicted molar refractivity (Wildman–Crippen MR) is 146 cm³/mol. The van der Waals surface area contributed by atoms with Gasteiger partial charge in [0.2, 0.25) is 0 Å². The summed E-state index contributed by atoms with van der Waals surface area (Å²) in [5, 5.41) is 0. The van der Waals surface area contributed by atoms with E-state index in [4.69, 9.17) is 0 Å². The van der Waals surface area contributed by atoms with Crippen LogP contribution in [0.5, 0.6) is 0 Å². The zero-order chi connectivity index (χ0) is 27.3. The first-order valence-corrected chi connectivity index (χ1v) is 13.8. The van der Waals surface area contributed by atoms with Gasteiger partial charge in [-0.1, -0.05) is 66.2 Å². The minimum atomic E-state index is -4.27. The van der Waals surface area contributed by atoms with Crippen molar-refractivity contribution in [1.29, 1.82) is 0 Å². The van der Waals surface area contributed by atoms with Crippen LogP contribution in [0.3, 0.4) is 0 Å². The number of hydrogen-bond acceptors (Lipinski definition) is 5. The molecule has 194 valence electrons. The highest BCUT2D eigenvalue weighted by molar-refractivity contribution is 7.92. The lowest BCUT2D eigenvalue weighted by Gasteiger charge is -2.53. The Balaban J connectivity index is 1.54. The summed E-state index contributed by atoms with van der Waals surface area (Å²) < 4.78 is 29.7. The molecular formula is C30H23N3O5S. The Labute approximate surface area is 225 Å². The molecule has 2 atom stereocenters. The van der Waals surface area contributed by atoms with Crippen molar-refractivity contribution in [2.45, 2.75) is 24.0 Å². The quantitative estimate of drug-likeness (QED) is 0.271. The summed E-state index contributed by atoms with van der Waals surface area (Å²) in [5.41, 5.74) is 1.98. The van der Waals surface area contributed by atoms with Crippen LogP contribution in [0.25, 0.3) is 0 Å². The Morgan fingerprint density at radius 1 is 0.641 bits per heavy atom. The molecule has 4 aromatic carbocycles. The summed E-state index contributed by atoms with van der Waals surface area (Å²) in [4.78, 5) is 43.0. The maximum absolute atomic E-state index is 14.3. The fourth-order valence-corrected chi connectivity index (χ4v) is 6.70. The summed E-state index contributed by atoms with van der Waals surface area (Å²) >= 11 is 0. The number of anilines is 2. The van der Waals surface area contributed by atoms with Crippen molar-refractivity contribution in [2.75, 3.05) is 9.21 Å². The van der Waals surface area contributed by atoms with Gasteiger partial charge >= 0.3 is 0 Å². The normalized spacial score (nSPS) is 18.6. The summed E-state index contributed by atoms with van der Waals surface area (Å²) in [7, 11) is -4.27. The summed E-state index contributed by atoms with van der Waals surface area (Å²) in [6.07, 6.45) is -1.23. The van der Waals surface area contributed by atoms with Gasteiger partial charge in [-0.05, 0) is 55.5 Å². The van der Waals surface area contributed by atoms with E-state index in [1.807, 2.05) is 6.92 Å². The number of carbonyl (C=O) groups is 3. The Bertz CT molecular complexity index is 1670. The van der Waals surface area contributed by atoms with E-state index in [1.165, 1.54) is 29.2 Å². The zero-order valence-corrected chi connectivity index (χ0v) is 21.7. The smallest absolute Gasteiger partial charge is 0.266 e. The molecule has 39 heavy (non-hydrogen) atoms. The third kappa shape index (κ3) is 3.81. The van der Waals surface area contributed by atoms with Gasteiger partial charge in [-0.15, -0.1) is 0 Å². The van der Waals surface area contributed by atoms with E-state index in [1.54, 1.807) is 84.9 Å². The number of carbonyl (C=O) groups excluding carboxylic acids is 3. The van der Waals surface area contributed by atoms with Crippen LogP contribution in [0.4, 0.5) is 11.4 Å². The van der Waals surface area contributed by atoms with Crippen molar-refractivity contribution in [3.63, 3.8) is 0 Å². The Morgan fingerprint density at radius 2 is 1.15 bits per heavy atom. The van der Waals surface area contributed by atoms with Crippen molar-refractivity contribution in [3.8, 4) is 0 Å². The van der Waals surface area contributed by atoms with Gasteiger partial charge in [0.05, 0.1) is 21.7 Å². The third-order valence-corrected chi connectivity index (χ3v) is 8.82.